The Morgan fingerprint density at radius 1 is 1.00 bits per heavy atom. The van der Waals surface area contributed by atoms with Crippen molar-refractivity contribution < 1.29 is 22.9 Å². The van der Waals surface area contributed by atoms with Gasteiger partial charge in [-0.1, -0.05) is 12.1 Å². The lowest BCUT2D eigenvalue weighted by Crippen LogP contribution is -2.27. The summed E-state index contributed by atoms with van der Waals surface area (Å²) in [5.74, 6) is 0.329. The Morgan fingerprint density at radius 2 is 1.68 bits per heavy atom. The molecule has 3 N–H and O–H groups in total. The van der Waals surface area contributed by atoms with Crippen LogP contribution < -0.4 is 15.8 Å². The van der Waals surface area contributed by atoms with E-state index in [2.05, 4.69) is 15.0 Å². The number of rotatable bonds is 6. The summed E-state index contributed by atoms with van der Waals surface area (Å²) in [4.78, 5) is 11.6. The third-order valence-electron chi connectivity index (χ3n) is 5.32. The van der Waals surface area contributed by atoms with Gasteiger partial charge in [0.1, 0.15) is 5.75 Å². The number of benzene rings is 3. The van der Waals surface area contributed by atoms with E-state index < -0.39 is 10.1 Å². The molecule has 0 radical (unpaired) electrons. The number of aromatic nitrogens is 1. The van der Waals surface area contributed by atoms with Gasteiger partial charge in [0.2, 0.25) is 0 Å². The Labute approximate surface area is 194 Å². The summed E-state index contributed by atoms with van der Waals surface area (Å²) in [5.41, 5.74) is 1.39. The van der Waals surface area contributed by atoms with Crippen molar-refractivity contribution in [2.45, 2.75) is 11.8 Å². The highest BCUT2D eigenvalue weighted by molar-refractivity contribution is 7.86. The van der Waals surface area contributed by atoms with Gasteiger partial charge in [-0.05, 0) is 67.6 Å². The van der Waals surface area contributed by atoms with Crippen LogP contribution in [0.2, 0.25) is 0 Å². The van der Waals surface area contributed by atoms with Crippen LogP contribution in [-0.4, -0.2) is 30.2 Å². The molecule has 9 nitrogen and oxygen atoms in total. The monoisotopic (exact) mass is 476 g/mol. The van der Waals surface area contributed by atoms with Crippen molar-refractivity contribution in [3.63, 3.8) is 0 Å². The summed E-state index contributed by atoms with van der Waals surface area (Å²) in [5, 5.41) is 23.1. The molecule has 4 aromatic rings. The number of aromatic amines is 1. The van der Waals surface area contributed by atoms with Gasteiger partial charge >= 0.3 is 10.1 Å². The number of phenolic OH excluding ortho intramolecular Hbond substituents is 1. The lowest BCUT2D eigenvalue weighted by atomic mass is 10.1. The summed E-state index contributed by atoms with van der Waals surface area (Å²) in [6.07, 6.45) is 1.60. The summed E-state index contributed by atoms with van der Waals surface area (Å²) >= 11 is 0. The average Bonchev–Trinajstić information content (AvgIpc) is 3.38. The highest BCUT2D eigenvalue weighted by atomic mass is 32.2. The quantitative estimate of drug-likeness (QED) is 0.367. The topological polar surface area (TPSA) is 128 Å². The fourth-order valence-electron chi connectivity index (χ4n) is 3.66. The maximum absolute atomic E-state index is 13.1. The van der Waals surface area contributed by atoms with Crippen LogP contribution in [0, 0.1) is 0 Å². The first-order valence-electron chi connectivity index (χ1n) is 10.4. The van der Waals surface area contributed by atoms with E-state index in [0.29, 0.717) is 28.0 Å². The molecule has 10 heteroatoms. The molecule has 0 unspecified atom stereocenters. The predicted molar refractivity (Wildman–Crippen MR) is 126 cm³/mol. The molecule has 0 aliphatic carbocycles. The predicted octanol–water partition coefficient (Wildman–Crippen LogP) is 2.98. The van der Waals surface area contributed by atoms with Gasteiger partial charge in [0.25, 0.3) is 0 Å². The van der Waals surface area contributed by atoms with Gasteiger partial charge in [-0.3, -0.25) is 0 Å². The SMILES string of the molecule is CCN(OS(=O)(=O)c1ccc2[nH]c(O)c(C=C3N=c4ccccc4=N3)c2c1)c1ccc(O)cc1. The number of para-hydroxylation sites is 2. The van der Waals surface area contributed by atoms with Gasteiger partial charge in [0.05, 0.1) is 21.3 Å². The highest BCUT2D eigenvalue weighted by Gasteiger charge is 2.22. The van der Waals surface area contributed by atoms with E-state index in [1.807, 2.05) is 24.3 Å². The Kier molecular flexibility index (Phi) is 5.31. The van der Waals surface area contributed by atoms with Crippen molar-refractivity contribution >= 4 is 32.8 Å². The molecule has 5 rings (SSSR count). The third-order valence-corrected chi connectivity index (χ3v) is 6.52. The van der Waals surface area contributed by atoms with Crippen LogP contribution in [0.5, 0.6) is 11.6 Å². The largest absolute Gasteiger partial charge is 0.508 e. The molecule has 34 heavy (non-hydrogen) atoms. The van der Waals surface area contributed by atoms with Crippen LogP contribution >= 0.6 is 0 Å². The van der Waals surface area contributed by atoms with Gasteiger partial charge in [-0.25, -0.2) is 15.0 Å². The molecule has 1 aromatic heterocycles. The Bertz CT molecular complexity index is 1620. The second-order valence-electron chi connectivity index (χ2n) is 7.55. The second kappa shape index (κ2) is 8.32. The number of aromatic hydroxyl groups is 2. The number of hydroxylamine groups is 1. The molecule has 0 saturated heterocycles. The molecule has 2 heterocycles. The normalized spacial score (nSPS) is 12.8. The highest BCUT2D eigenvalue weighted by Crippen LogP contribution is 2.32. The molecular weight excluding hydrogens is 456 g/mol. The van der Waals surface area contributed by atoms with Crippen LogP contribution in [0.4, 0.5) is 5.69 Å². The lowest BCUT2D eigenvalue weighted by molar-refractivity contribution is 0.288. The smallest absolute Gasteiger partial charge is 0.317 e. The first kappa shape index (κ1) is 21.7. The molecule has 0 fully saturated rings. The molecule has 0 atom stereocenters. The summed E-state index contributed by atoms with van der Waals surface area (Å²) < 4.78 is 31.5. The molecule has 172 valence electrons. The van der Waals surface area contributed by atoms with Gasteiger partial charge in [-0.2, -0.15) is 8.42 Å². The number of nitrogens with one attached hydrogen (secondary N) is 1. The van der Waals surface area contributed by atoms with Crippen LogP contribution in [0.3, 0.4) is 0 Å². The van der Waals surface area contributed by atoms with Crippen LogP contribution in [0.15, 0.2) is 87.4 Å². The van der Waals surface area contributed by atoms with Gasteiger partial charge in [-0.15, -0.1) is 4.28 Å². The molecule has 1 aliphatic heterocycles. The summed E-state index contributed by atoms with van der Waals surface area (Å²) in [6.45, 7) is 1.99. The molecular formula is C24H20N4O5S. The fraction of sp³-hybridized carbons (Fsp3) is 0.0833. The number of hydrogen-bond acceptors (Lipinski definition) is 8. The Hall–Kier alpha value is -4.15. The molecule has 3 aromatic carbocycles. The third kappa shape index (κ3) is 4.00. The standard InChI is InChI=1S/C24H20N4O5S/c1-2-28(15-7-9-16(29)10-8-15)33-34(31,32)17-11-12-20-18(13-17)19(24(30)27-20)14-23-25-21-5-3-4-6-22(21)26-23/h3-14,27,29-30H,2H2,1H3. The van der Waals surface area contributed by atoms with Crippen molar-refractivity contribution in [1.29, 1.82) is 0 Å². The number of fused-ring (bicyclic) bond motifs is 2. The zero-order valence-electron chi connectivity index (χ0n) is 18.0. The minimum atomic E-state index is -4.20. The zero-order valence-corrected chi connectivity index (χ0v) is 18.8. The van der Waals surface area contributed by atoms with Crippen molar-refractivity contribution in [3.8, 4) is 11.6 Å². The van der Waals surface area contributed by atoms with E-state index in [-0.39, 0.29) is 23.1 Å². The van der Waals surface area contributed by atoms with Gasteiger partial charge in [0.15, 0.2) is 11.7 Å². The maximum atomic E-state index is 13.1. The van der Waals surface area contributed by atoms with E-state index in [9.17, 15) is 18.6 Å². The number of phenols is 1. The number of anilines is 1. The first-order chi connectivity index (χ1) is 16.3. The molecule has 1 aliphatic rings. The minimum absolute atomic E-state index is 0.0610. The van der Waals surface area contributed by atoms with Crippen molar-refractivity contribution in [2.75, 3.05) is 11.6 Å². The minimum Gasteiger partial charge on any atom is -0.508 e. The second-order valence-corrected chi connectivity index (χ2v) is 9.08. The van der Waals surface area contributed by atoms with Crippen LogP contribution in [0.1, 0.15) is 12.5 Å². The Balaban J connectivity index is 1.52. The Morgan fingerprint density at radius 3 is 2.32 bits per heavy atom. The number of H-pyrrole nitrogens is 1. The number of nitrogens with zero attached hydrogens (tertiary/aromatic N) is 3. The van der Waals surface area contributed by atoms with E-state index in [1.165, 1.54) is 29.3 Å². The maximum Gasteiger partial charge on any atom is 0.317 e. The van der Waals surface area contributed by atoms with Crippen molar-refractivity contribution in [2.24, 2.45) is 9.98 Å². The molecule has 0 spiro atoms. The average molecular weight is 477 g/mol. The summed E-state index contributed by atoms with van der Waals surface area (Å²) in [7, 11) is -4.20. The summed E-state index contributed by atoms with van der Waals surface area (Å²) in [6, 6.07) is 17.8. The van der Waals surface area contributed by atoms with Crippen molar-refractivity contribution in [3.05, 3.63) is 88.8 Å². The first-order valence-corrected chi connectivity index (χ1v) is 11.8. The number of hydrogen-bond donors (Lipinski definition) is 3. The molecule has 0 amide bonds. The molecule has 0 saturated carbocycles. The van der Waals surface area contributed by atoms with E-state index >= 15 is 0 Å². The fourth-order valence-corrected chi connectivity index (χ4v) is 4.67. The lowest BCUT2D eigenvalue weighted by Gasteiger charge is -2.21. The van der Waals surface area contributed by atoms with E-state index in [0.717, 1.165) is 10.7 Å². The van der Waals surface area contributed by atoms with Gasteiger partial charge < -0.3 is 15.2 Å². The van der Waals surface area contributed by atoms with Crippen molar-refractivity contribution in [1.82, 2.24) is 4.98 Å². The van der Waals surface area contributed by atoms with Crippen LogP contribution in [0.25, 0.3) is 17.0 Å². The molecule has 0 bridgehead atoms. The zero-order chi connectivity index (χ0) is 23.9. The van der Waals surface area contributed by atoms with E-state index in [4.69, 9.17) is 4.28 Å². The van der Waals surface area contributed by atoms with E-state index in [1.54, 1.807) is 31.2 Å². The van der Waals surface area contributed by atoms with Gasteiger partial charge in [0, 0.05) is 23.0 Å². The van der Waals surface area contributed by atoms with Crippen LogP contribution in [-0.2, 0) is 14.4 Å².